The van der Waals surface area contributed by atoms with Crippen LogP contribution in [0.4, 0.5) is 5.69 Å². The molecule has 132 valence electrons. The van der Waals surface area contributed by atoms with Crippen LogP contribution in [0.5, 0.6) is 0 Å². The van der Waals surface area contributed by atoms with Gasteiger partial charge in [-0.05, 0) is 36.8 Å². The van der Waals surface area contributed by atoms with E-state index in [1.807, 2.05) is 6.92 Å². The van der Waals surface area contributed by atoms with Gasteiger partial charge in [-0.25, -0.2) is 13.1 Å². The Kier molecular flexibility index (Phi) is 7.43. The smallest absolute Gasteiger partial charge is 0.258 e. The maximum absolute atomic E-state index is 12.0. The average Bonchev–Trinajstić information content (AvgIpc) is 3.03. The fourth-order valence-corrected chi connectivity index (χ4v) is 2.98. The molecule has 2 rings (SSSR count). The topological polar surface area (TPSA) is 114 Å². The first kappa shape index (κ1) is 20.2. The Labute approximate surface area is 147 Å². The SMILES string of the molecule is CCCNS(=O)(=O)c1ccc(NC(=O)c2coc(CN)c2)cc1.Cl. The van der Waals surface area contributed by atoms with Crippen molar-refractivity contribution in [3.8, 4) is 0 Å². The van der Waals surface area contributed by atoms with Crippen molar-refractivity contribution >= 4 is 34.0 Å². The first-order chi connectivity index (χ1) is 11.0. The van der Waals surface area contributed by atoms with Crippen LogP contribution in [0.25, 0.3) is 0 Å². The predicted molar refractivity (Wildman–Crippen MR) is 93.7 cm³/mol. The Balaban J connectivity index is 0.00000288. The summed E-state index contributed by atoms with van der Waals surface area (Å²) in [5.74, 6) is 0.159. The third kappa shape index (κ3) is 5.07. The highest BCUT2D eigenvalue weighted by molar-refractivity contribution is 7.89. The van der Waals surface area contributed by atoms with Gasteiger partial charge < -0.3 is 15.5 Å². The van der Waals surface area contributed by atoms with Crippen LogP contribution in [-0.4, -0.2) is 20.9 Å². The molecule has 7 nitrogen and oxygen atoms in total. The molecular weight excluding hydrogens is 354 g/mol. The number of sulfonamides is 1. The van der Waals surface area contributed by atoms with Gasteiger partial charge in [-0.1, -0.05) is 6.92 Å². The summed E-state index contributed by atoms with van der Waals surface area (Å²) >= 11 is 0. The van der Waals surface area contributed by atoms with Gasteiger partial charge in [0.2, 0.25) is 10.0 Å². The van der Waals surface area contributed by atoms with Crippen molar-refractivity contribution in [2.24, 2.45) is 5.73 Å². The summed E-state index contributed by atoms with van der Waals surface area (Å²) in [5, 5.41) is 2.66. The van der Waals surface area contributed by atoms with E-state index >= 15 is 0 Å². The Morgan fingerprint density at radius 2 is 1.92 bits per heavy atom. The van der Waals surface area contributed by atoms with Crippen molar-refractivity contribution < 1.29 is 17.6 Å². The number of nitrogens with two attached hydrogens (primary N) is 1. The van der Waals surface area contributed by atoms with Gasteiger partial charge in [0, 0.05) is 12.2 Å². The number of hydrogen-bond donors (Lipinski definition) is 3. The van der Waals surface area contributed by atoms with Crippen molar-refractivity contribution in [1.82, 2.24) is 4.72 Å². The molecule has 0 saturated heterocycles. The lowest BCUT2D eigenvalue weighted by Gasteiger charge is -2.07. The van der Waals surface area contributed by atoms with Gasteiger partial charge in [0.25, 0.3) is 5.91 Å². The Morgan fingerprint density at radius 3 is 2.46 bits per heavy atom. The standard InChI is InChI=1S/C15H19N3O4S.ClH/c1-2-7-17-23(20,21)14-5-3-12(4-6-14)18-15(19)11-8-13(9-16)22-10-11;/h3-6,8,10,17H,2,7,9,16H2,1H3,(H,18,19);1H. The molecule has 0 saturated carbocycles. The number of halogens is 1. The Hall–Kier alpha value is -1.87. The van der Waals surface area contributed by atoms with E-state index in [2.05, 4.69) is 10.0 Å². The second-order valence-corrected chi connectivity index (χ2v) is 6.65. The second-order valence-electron chi connectivity index (χ2n) is 4.88. The van der Waals surface area contributed by atoms with Crippen LogP contribution in [0.15, 0.2) is 45.9 Å². The highest BCUT2D eigenvalue weighted by Crippen LogP contribution is 2.16. The molecule has 4 N–H and O–H groups in total. The van der Waals surface area contributed by atoms with E-state index in [0.29, 0.717) is 30.0 Å². The fourth-order valence-electron chi connectivity index (χ4n) is 1.85. The molecule has 1 amide bonds. The maximum atomic E-state index is 12.0. The maximum Gasteiger partial charge on any atom is 0.258 e. The first-order valence-electron chi connectivity index (χ1n) is 7.15. The Bertz CT molecular complexity index is 772. The number of carbonyl (C=O) groups excluding carboxylic acids is 1. The molecule has 0 aliphatic heterocycles. The number of rotatable bonds is 7. The van der Waals surface area contributed by atoms with Gasteiger partial charge in [0.05, 0.1) is 17.0 Å². The fraction of sp³-hybridized carbons (Fsp3) is 0.267. The summed E-state index contributed by atoms with van der Waals surface area (Å²) in [4.78, 5) is 12.2. The van der Waals surface area contributed by atoms with E-state index in [9.17, 15) is 13.2 Å². The second kappa shape index (κ2) is 8.84. The third-order valence-electron chi connectivity index (χ3n) is 3.08. The summed E-state index contributed by atoms with van der Waals surface area (Å²) < 4.78 is 31.5. The lowest BCUT2D eigenvalue weighted by atomic mass is 10.2. The molecule has 1 heterocycles. The van der Waals surface area contributed by atoms with Crippen molar-refractivity contribution in [2.45, 2.75) is 24.8 Å². The molecule has 24 heavy (non-hydrogen) atoms. The van der Waals surface area contributed by atoms with Crippen LogP contribution in [0, 0.1) is 0 Å². The van der Waals surface area contributed by atoms with Gasteiger partial charge in [-0.15, -0.1) is 12.4 Å². The minimum Gasteiger partial charge on any atom is -0.467 e. The summed E-state index contributed by atoms with van der Waals surface area (Å²) in [5.41, 5.74) is 6.26. The molecule has 0 fully saturated rings. The summed E-state index contributed by atoms with van der Waals surface area (Å²) in [6, 6.07) is 7.50. The van der Waals surface area contributed by atoms with E-state index in [1.54, 1.807) is 6.07 Å². The zero-order valence-corrected chi connectivity index (χ0v) is 14.7. The van der Waals surface area contributed by atoms with Crippen LogP contribution in [0.2, 0.25) is 0 Å². The van der Waals surface area contributed by atoms with Gasteiger partial charge in [-0.3, -0.25) is 4.79 Å². The molecule has 0 unspecified atom stereocenters. The molecule has 0 atom stereocenters. The van der Waals surface area contributed by atoms with E-state index < -0.39 is 10.0 Å². The molecule has 0 spiro atoms. The molecule has 1 aromatic heterocycles. The molecule has 0 radical (unpaired) electrons. The zero-order valence-electron chi connectivity index (χ0n) is 13.1. The van der Waals surface area contributed by atoms with E-state index in [0.717, 1.165) is 0 Å². The first-order valence-corrected chi connectivity index (χ1v) is 8.63. The Morgan fingerprint density at radius 1 is 1.25 bits per heavy atom. The van der Waals surface area contributed by atoms with E-state index in [1.165, 1.54) is 30.5 Å². The summed E-state index contributed by atoms with van der Waals surface area (Å²) in [6.07, 6.45) is 2.04. The third-order valence-corrected chi connectivity index (χ3v) is 4.56. The minimum atomic E-state index is -3.51. The van der Waals surface area contributed by atoms with Crippen molar-refractivity contribution in [2.75, 3.05) is 11.9 Å². The van der Waals surface area contributed by atoms with E-state index in [4.69, 9.17) is 10.2 Å². The zero-order chi connectivity index (χ0) is 16.9. The van der Waals surface area contributed by atoms with Crippen LogP contribution < -0.4 is 15.8 Å². The summed E-state index contributed by atoms with van der Waals surface area (Å²) in [7, 11) is -3.51. The number of benzene rings is 1. The molecule has 0 aliphatic carbocycles. The molecule has 0 bridgehead atoms. The minimum absolute atomic E-state index is 0. The van der Waals surface area contributed by atoms with Crippen molar-refractivity contribution in [1.29, 1.82) is 0 Å². The molecule has 0 aliphatic rings. The average molecular weight is 374 g/mol. The van der Waals surface area contributed by atoms with Crippen LogP contribution in [-0.2, 0) is 16.6 Å². The van der Waals surface area contributed by atoms with Crippen LogP contribution >= 0.6 is 12.4 Å². The van der Waals surface area contributed by atoms with E-state index in [-0.39, 0.29) is 29.8 Å². The highest BCUT2D eigenvalue weighted by atomic mass is 35.5. The molecular formula is C15H20ClN3O4S. The monoisotopic (exact) mass is 373 g/mol. The quantitative estimate of drug-likeness (QED) is 0.687. The lowest BCUT2D eigenvalue weighted by Crippen LogP contribution is -2.24. The number of anilines is 1. The molecule has 9 heteroatoms. The van der Waals surface area contributed by atoms with Gasteiger partial charge in [-0.2, -0.15) is 0 Å². The number of furan rings is 1. The number of carbonyl (C=O) groups is 1. The lowest BCUT2D eigenvalue weighted by molar-refractivity contribution is 0.102. The normalized spacial score (nSPS) is 10.9. The summed E-state index contributed by atoms with van der Waals surface area (Å²) in [6.45, 7) is 2.47. The number of nitrogens with one attached hydrogen (secondary N) is 2. The number of amides is 1. The van der Waals surface area contributed by atoms with Gasteiger partial charge >= 0.3 is 0 Å². The predicted octanol–water partition coefficient (Wildman–Crippen LogP) is 2.10. The largest absolute Gasteiger partial charge is 0.467 e. The number of hydrogen-bond acceptors (Lipinski definition) is 5. The van der Waals surface area contributed by atoms with Crippen molar-refractivity contribution in [3.05, 3.63) is 47.9 Å². The van der Waals surface area contributed by atoms with Crippen molar-refractivity contribution in [3.63, 3.8) is 0 Å². The molecule has 1 aromatic carbocycles. The highest BCUT2D eigenvalue weighted by Gasteiger charge is 2.14. The molecule has 2 aromatic rings. The van der Waals surface area contributed by atoms with Gasteiger partial charge in [0.15, 0.2) is 0 Å². The van der Waals surface area contributed by atoms with Gasteiger partial charge in [0.1, 0.15) is 12.0 Å². The van der Waals surface area contributed by atoms with Crippen LogP contribution in [0.1, 0.15) is 29.5 Å². The van der Waals surface area contributed by atoms with Crippen LogP contribution in [0.3, 0.4) is 0 Å².